The van der Waals surface area contributed by atoms with Gasteiger partial charge in [0.15, 0.2) is 0 Å². The van der Waals surface area contributed by atoms with Crippen LogP contribution in [-0.4, -0.2) is 37.0 Å². The summed E-state index contributed by atoms with van der Waals surface area (Å²) in [6.45, 7) is 3.49. The van der Waals surface area contributed by atoms with Gasteiger partial charge in [0.25, 0.3) is 5.91 Å². The van der Waals surface area contributed by atoms with E-state index >= 15 is 0 Å². The van der Waals surface area contributed by atoms with E-state index in [0.717, 1.165) is 48.9 Å². The molecule has 0 bridgehead atoms. The van der Waals surface area contributed by atoms with Crippen LogP contribution in [0.1, 0.15) is 22.3 Å². The number of carbonyl (C=O) groups is 1. The number of hydrogen-bond acceptors (Lipinski definition) is 3. The van der Waals surface area contributed by atoms with E-state index in [1.165, 1.54) is 10.5 Å². The molecule has 0 radical (unpaired) electrons. The molecule has 5 heteroatoms. The van der Waals surface area contributed by atoms with Crippen molar-refractivity contribution < 1.29 is 4.79 Å². The molecule has 3 rings (SSSR count). The number of halogens is 1. The van der Waals surface area contributed by atoms with Gasteiger partial charge in [-0.15, -0.1) is 11.8 Å². The molecule has 1 saturated heterocycles. The molecule has 0 unspecified atom stereocenters. The number of rotatable bonds is 4. The van der Waals surface area contributed by atoms with Crippen LogP contribution in [0.2, 0.25) is 5.02 Å². The van der Waals surface area contributed by atoms with Crippen molar-refractivity contribution in [3.8, 4) is 0 Å². The van der Waals surface area contributed by atoms with E-state index in [1.54, 1.807) is 11.8 Å². The summed E-state index contributed by atoms with van der Waals surface area (Å²) in [5.74, 6) is 1.01. The number of amides is 1. The molecule has 2 aromatic carbocycles. The van der Waals surface area contributed by atoms with Crippen molar-refractivity contribution in [2.24, 2.45) is 0 Å². The van der Waals surface area contributed by atoms with E-state index in [-0.39, 0.29) is 5.91 Å². The van der Waals surface area contributed by atoms with Crippen molar-refractivity contribution in [1.82, 2.24) is 10.2 Å². The van der Waals surface area contributed by atoms with Gasteiger partial charge >= 0.3 is 0 Å². The maximum absolute atomic E-state index is 12.6. The first-order valence-corrected chi connectivity index (χ1v) is 9.56. The van der Waals surface area contributed by atoms with E-state index in [2.05, 4.69) is 5.32 Å². The van der Waals surface area contributed by atoms with Crippen LogP contribution in [0.15, 0.2) is 53.4 Å². The minimum atomic E-state index is 0.135. The molecule has 0 atom stereocenters. The fraction of sp³-hybridized carbons (Fsp3) is 0.316. The lowest BCUT2D eigenvalue weighted by molar-refractivity contribution is 0.0766. The standard InChI is InChI=1S/C19H21ClN2OS/c20-17-6-8-18(9-7-17)24-14-15-2-4-16(5-3-15)19(23)22-12-1-10-21-11-13-22/h2-9,21H,1,10-14H2. The van der Waals surface area contributed by atoms with Crippen LogP contribution in [0, 0.1) is 0 Å². The van der Waals surface area contributed by atoms with Gasteiger partial charge in [-0.1, -0.05) is 23.7 Å². The zero-order valence-corrected chi connectivity index (χ0v) is 15.1. The molecule has 1 N–H and O–H groups in total. The Morgan fingerprint density at radius 1 is 1.04 bits per heavy atom. The second kappa shape index (κ2) is 8.56. The molecule has 0 aliphatic carbocycles. The molecule has 1 aliphatic heterocycles. The molecule has 3 nitrogen and oxygen atoms in total. The average Bonchev–Trinajstić information content (AvgIpc) is 2.90. The molecule has 0 spiro atoms. The highest BCUT2D eigenvalue weighted by atomic mass is 35.5. The van der Waals surface area contributed by atoms with Crippen LogP contribution >= 0.6 is 23.4 Å². The summed E-state index contributed by atoms with van der Waals surface area (Å²) >= 11 is 7.67. The maximum atomic E-state index is 12.6. The molecular weight excluding hydrogens is 340 g/mol. The number of benzene rings is 2. The molecule has 1 aliphatic rings. The third kappa shape index (κ3) is 4.76. The van der Waals surface area contributed by atoms with Crippen LogP contribution in [0.3, 0.4) is 0 Å². The van der Waals surface area contributed by atoms with Gasteiger partial charge in [-0.05, 0) is 54.9 Å². The highest BCUT2D eigenvalue weighted by Crippen LogP contribution is 2.24. The summed E-state index contributed by atoms with van der Waals surface area (Å²) in [6, 6.07) is 15.8. The Hall–Kier alpha value is -1.49. The lowest BCUT2D eigenvalue weighted by atomic mass is 10.1. The summed E-state index contributed by atoms with van der Waals surface area (Å²) in [5.41, 5.74) is 1.99. The van der Waals surface area contributed by atoms with Crippen LogP contribution in [0.5, 0.6) is 0 Å². The Morgan fingerprint density at radius 2 is 1.79 bits per heavy atom. The largest absolute Gasteiger partial charge is 0.337 e. The summed E-state index contributed by atoms with van der Waals surface area (Å²) < 4.78 is 0. The first-order valence-electron chi connectivity index (χ1n) is 8.20. The van der Waals surface area contributed by atoms with Gasteiger partial charge < -0.3 is 10.2 Å². The smallest absolute Gasteiger partial charge is 0.253 e. The minimum absolute atomic E-state index is 0.135. The second-order valence-electron chi connectivity index (χ2n) is 5.84. The van der Waals surface area contributed by atoms with Crippen molar-refractivity contribution in [1.29, 1.82) is 0 Å². The zero-order valence-electron chi connectivity index (χ0n) is 13.5. The van der Waals surface area contributed by atoms with E-state index in [1.807, 2.05) is 53.4 Å². The highest BCUT2D eigenvalue weighted by molar-refractivity contribution is 7.98. The second-order valence-corrected chi connectivity index (χ2v) is 7.32. The first kappa shape index (κ1) is 17.3. The van der Waals surface area contributed by atoms with Crippen LogP contribution in [-0.2, 0) is 5.75 Å². The molecule has 0 saturated carbocycles. The summed E-state index contributed by atoms with van der Waals surface area (Å²) in [5, 5.41) is 4.08. The monoisotopic (exact) mass is 360 g/mol. The van der Waals surface area contributed by atoms with Gasteiger partial charge in [-0.3, -0.25) is 4.79 Å². The van der Waals surface area contributed by atoms with Crippen LogP contribution < -0.4 is 5.32 Å². The van der Waals surface area contributed by atoms with E-state index in [9.17, 15) is 4.79 Å². The van der Waals surface area contributed by atoms with Crippen molar-refractivity contribution in [2.45, 2.75) is 17.1 Å². The lowest BCUT2D eigenvalue weighted by Gasteiger charge is -2.20. The first-order chi connectivity index (χ1) is 11.7. The third-order valence-electron chi connectivity index (χ3n) is 4.05. The summed E-state index contributed by atoms with van der Waals surface area (Å²) in [4.78, 5) is 15.7. The van der Waals surface area contributed by atoms with Gasteiger partial charge in [0.05, 0.1) is 0 Å². The average molecular weight is 361 g/mol. The zero-order chi connectivity index (χ0) is 16.8. The quantitative estimate of drug-likeness (QED) is 0.834. The number of thioether (sulfide) groups is 1. The number of hydrogen-bond donors (Lipinski definition) is 1. The Bertz CT molecular complexity index is 665. The van der Waals surface area contributed by atoms with Gasteiger partial charge in [0.2, 0.25) is 0 Å². The molecule has 126 valence electrons. The summed E-state index contributed by atoms with van der Waals surface area (Å²) in [6.07, 6.45) is 1.02. The number of nitrogens with zero attached hydrogens (tertiary/aromatic N) is 1. The molecule has 1 amide bonds. The normalized spacial score (nSPS) is 15.1. The van der Waals surface area contributed by atoms with Crippen molar-refractivity contribution in [3.05, 3.63) is 64.7 Å². The molecule has 1 heterocycles. The Balaban J connectivity index is 1.58. The molecule has 0 aromatic heterocycles. The predicted molar refractivity (Wildman–Crippen MR) is 101 cm³/mol. The van der Waals surface area contributed by atoms with Crippen molar-refractivity contribution in [2.75, 3.05) is 26.2 Å². The fourth-order valence-corrected chi connectivity index (χ4v) is 3.65. The molecule has 1 fully saturated rings. The molecular formula is C19H21ClN2OS. The lowest BCUT2D eigenvalue weighted by Crippen LogP contribution is -2.34. The molecule has 24 heavy (non-hydrogen) atoms. The van der Waals surface area contributed by atoms with Crippen LogP contribution in [0.4, 0.5) is 0 Å². The predicted octanol–water partition coefficient (Wildman–Crippen LogP) is 4.07. The summed E-state index contributed by atoms with van der Waals surface area (Å²) in [7, 11) is 0. The van der Waals surface area contributed by atoms with Crippen molar-refractivity contribution in [3.63, 3.8) is 0 Å². The maximum Gasteiger partial charge on any atom is 0.253 e. The molecule has 2 aromatic rings. The number of nitrogens with one attached hydrogen (secondary N) is 1. The highest BCUT2D eigenvalue weighted by Gasteiger charge is 2.16. The topological polar surface area (TPSA) is 32.3 Å². The minimum Gasteiger partial charge on any atom is -0.337 e. The van der Waals surface area contributed by atoms with Gasteiger partial charge in [0, 0.05) is 40.9 Å². The van der Waals surface area contributed by atoms with Crippen molar-refractivity contribution >= 4 is 29.3 Å². The van der Waals surface area contributed by atoms with E-state index in [4.69, 9.17) is 11.6 Å². The third-order valence-corrected chi connectivity index (χ3v) is 5.38. The SMILES string of the molecule is O=C(c1ccc(CSc2ccc(Cl)cc2)cc1)N1CCCNCC1. The number of carbonyl (C=O) groups excluding carboxylic acids is 1. The van der Waals surface area contributed by atoms with Gasteiger partial charge in [-0.2, -0.15) is 0 Å². The Labute approximate surface area is 152 Å². The Morgan fingerprint density at radius 3 is 2.54 bits per heavy atom. The fourth-order valence-electron chi connectivity index (χ4n) is 2.67. The van der Waals surface area contributed by atoms with Gasteiger partial charge in [-0.25, -0.2) is 0 Å². The van der Waals surface area contributed by atoms with Gasteiger partial charge in [0.1, 0.15) is 0 Å². The Kier molecular flexibility index (Phi) is 6.18. The van der Waals surface area contributed by atoms with E-state index < -0.39 is 0 Å². The van der Waals surface area contributed by atoms with E-state index in [0.29, 0.717) is 0 Å². The van der Waals surface area contributed by atoms with Crippen LogP contribution in [0.25, 0.3) is 0 Å².